The number of imidazole rings is 1. The molecule has 0 spiro atoms. The zero-order chi connectivity index (χ0) is 22.7. The Hall–Kier alpha value is -3.45. The van der Waals surface area contributed by atoms with Crippen molar-refractivity contribution in [1.29, 1.82) is 0 Å². The van der Waals surface area contributed by atoms with Crippen LogP contribution in [0.3, 0.4) is 0 Å². The lowest BCUT2D eigenvalue weighted by molar-refractivity contribution is -0.158. The van der Waals surface area contributed by atoms with Crippen LogP contribution >= 0.6 is 0 Å². The fraction of sp³-hybridized carbons (Fsp3) is 0.368. The number of aromatic nitrogens is 5. The molecule has 1 saturated heterocycles. The molecule has 0 saturated carbocycles. The highest BCUT2D eigenvalue weighted by molar-refractivity contribution is 7.89. The number of pyridine rings is 1. The highest BCUT2D eigenvalue weighted by Gasteiger charge is 2.34. The third-order valence-corrected chi connectivity index (χ3v) is 7.07. The largest absolute Gasteiger partial charge is 0.452 e. The molecule has 0 aliphatic carbocycles. The average molecular weight is 459 g/mol. The number of amides is 1. The van der Waals surface area contributed by atoms with Gasteiger partial charge in [0.25, 0.3) is 5.91 Å². The summed E-state index contributed by atoms with van der Waals surface area (Å²) in [6.07, 6.45) is 5.03. The quantitative estimate of drug-likeness (QED) is 0.506. The fourth-order valence-electron chi connectivity index (χ4n) is 3.38. The number of rotatable bonds is 6. The lowest BCUT2D eigenvalue weighted by Crippen LogP contribution is -2.41. The first-order chi connectivity index (χ1) is 15.4. The van der Waals surface area contributed by atoms with Crippen LogP contribution in [-0.2, 0) is 24.3 Å². The first kappa shape index (κ1) is 21.8. The van der Waals surface area contributed by atoms with Gasteiger partial charge in [-0.15, -0.1) is 0 Å². The van der Waals surface area contributed by atoms with Gasteiger partial charge in [-0.3, -0.25) is 14.6 Å². The van der Waals surface area contributed by atoms with Crippen LogP contribution in [0, 0.1) is 5.92 Å². The molecule has 12 nitrogen and oxygen atoms in total. The maximum absolute atomic E-state index is 12.7. The minimum Gasteiger partial charge on any atom is -0.452 e. The van der Waals surface area contributed by atoms with Gasteiger partial charge in [0.05, 0.1) is 12.2 Å². The van der Waals surface area contributed by atoms with Gasteiger partial charge in [0.15, 0.2) is 17.6 Å². The van der Waals surface area contributed by atoms with E-state index in [1.807, 2.05) is 0 Å². The SMILES string of the molecule is CC(OC(=O)C1CCN(S(=O)(=O)c2cccnc2)CC1)C(=O)Nc1ncnc2nc[nH]c12. The van der Waals surface area contributed by atoms with Gasteiger partial charge < -0.3 is 15.0 Å². The number of nitrogens with zero attached hydrogens (tertiary/aromatic N) is 5. The normalized spacial score (nSPS) is 16.5. The van der Waals surface area contributed by atoms with Gasteiger partial charge in [0.1, 0.15) is 16.7 Å². The topological polar surface area (TPSA) is 160 Å². The number of carbonyl (C=O) groups is 2. The van der Waals surface area contributed by atoms with Crippen molar-refractivity contribution in [2.75, 3.05) is 18.4 Å². The van der Waals surface area contributed by atoms with Crippen LogP contribution in [0.1, 0.15) is 19.8 Å². The number of fused-ring (bicyclic) bond motifs is 1. The minimum atomic E-state index is -3.66. The summed E-state index contributed by atoms with van der Waals surface area (Å²) in [5, 5.41) is 2.59. The molecule has 1 amide bonds. The van der Waals surface area contributed by atoms with Gasteiger partial charge in [-0.1, -0.05) is 0 Å². The number of hydrogen-bond donors (Lipinski definition) is 2. The van der Waals surface area contributed by atoms with E-state index in [9.17, 15) is 18.0 Å². The predicted molar refractivity (Wildman–Crippen MR) is 112 cm³/mol. The second-order valence-corrected chi connectivity index (χ2v) is 9.20. The molecule has 0 aromatic carbocycles. The number of H-pyrrole nitrogens is 1. The predicted octanol–water partition coefficient (Wildman–Crippen LogP) is 0.719. The van der Waals surface area contributed by atoms with Crippen LogP contribution in [0.2, 0.25) is 0 Å². The monoisotopic (exact) mass is 459 g/mol. The Bertz CT molecular complexity index is 1220. The smallest absolute Gasteiger partial charge is 0.309 e. The van der Waals surface area contributed by atoms with Crippen LogP contribution in [0.5, 0.6) is 0 Å². The summed E-state index contributed by atoms with van der Waals surface area (Å²) in [7, 11) is -3.66. The van der Waals surface area contributed by atoms with Crippen molar-refractivity contribution >= 4 is 38.9 Å². The van der Waals surface area contributed by atoms with Crippen LogP contribution in [0.25, 0.3) is 11.2 Å². The van der Waals surface area contributed by atoms with Crippen molar-refractivity contribution in [3.05, 3.63) is 37.2 Å². The number of piperidine rings is 1. The van der Waals surface area contributed by atoms with Crippen molar-refractivity contribution in [2.45, 2.75) is 30.8 Å². The van der Waals surface area contributed by atoms with Crippen LogP contribution in [-0.4, -0.2) is 68.7 Å². The first-order valence-electron chi connectivity index (χ1n) is 9.92. The Morgan fingerprint density at radius 2 is 2.03 bits per heavy atom. The molecule has 168 valence electrons. The third kappa shape index (κ3) is 4.43. The van der Waals surface area contributed by atoms with Crippen molar-refractivity contribution in [3.8, 4) is 0 Å². The third-order valence-electron chi connectivity index (χ3n) is 5.19. The number of hydrogen-bond acceptors (Lipinski definition) is 9. The fourth-order valence-corrected chi connectivity index (χ4v) is 4.82. The molecular formula is C19H21N7O5S. The van der Waals surface area contributed by atoms with Crippen LogP contribution < -0.4 is 5.32 Å². The molecular weight excluding hydrogens is 438 g/mol. The number of anilines is 1. The Morgan fingerprint density at radius 1 is 1.25 bits per heavy atom. The zero-order valence-electron chi connectivity index (χ0n) is 17.1. The van der Waals surface area contributed by atoms with E-state index in [-0.39, 0.29) is 23.8 Å². The van der Waals surface area contributed by atoms with E-state index in [0.717, 1.165) is 0 Å². The summed E-state index contributed by atoms with van der Waals surface area (Å²) in [4.78, 5) is 43.8. The molecule has 32 heavy (non-hydrogen) atoms. The summed E-state index contributed by atoms with van der Waals surface area (Å²) in [5.41, 5.74) is 0.856. The molecule has 4 rings (SSSR count). The Kier molecular flexibility index (Phi) is 6.10. The van der Waals surface area contributed by atoms with Gasteiger partial charge in [-0.2, -0.15) is 4.31 Å². The molecule has 4 heterocycles. The van der Waals surface area contributed by atoms with Crippen LogP contribution in [0.15, 0.2) is 42.1 Å². The van der Waals surface area contributed by atoms with E-state index in [1.165, 1.54) is 42.3 Å². The minimum absolute atomic E-state index is 0.113. The summed E-state index contributed by atoms with van der Waals surface area (Å²) >= 11 is 0. The Morgan fingerprint density at radius 3 is 2.75 bits per heavy atom. The van der Waals surface area contributed by atoms with E-state index in [0.29, 0.717) is 24.0 Å². The van der Waals surface area contributed by atoms with Crippen molar-refractivity contribution in [3.63, 3.8) is 0 Å². The zero-order valence-corrected chi connectivity index (χ0v) is 17.9. The molecule has 3 aromatic heterocycles. The van der Waals surface area contributed by atoms with E-state index in [1.54, 1.807) is 6.07 Å². The van der Waals surface area contributed by atoms with Crippen molar-refractivity contribution in [2.24, 2.45) is 5.92 Å². The lowest BCUT2D eigenvalue weighted by atomic mass is 9.98. The second kappa shape index (κ2) is 8.96. The number of carbonyl (C=O) groups excluding carboxylic acids is 2. The maximum Gasteiger partial charge on any atom is 0.309 e. The van der Waals surface area contributed by atoms with Gasteiger partial charge in [-0.25, -0.2) is 23.4 Å². The highest BCUT2D eigenvalue weighted by atomic mass is 32.2. The number of nitrogens with one attached hydrogen (secondary N) is 2. The molecule has 3 aromatic rings. The molecule has 1 unspecified atom stereocenters. The molecule has 0 bridgehead atoms. The van der Waals surface area contributed by atoms with Crippen LogP contribution in [0.4, 0.5) is 5.82 Å². The molecule has 2 N–H and O–H groups in total. The number of ether oxygens (including phenoxy) is 1. The summed E-state index contributed by atoms with van der Waals surface area (Å²) < 4.78 is 32.0. The molecule has 1 atom stereocenters. The highest BCUT2D eigenvalue weighted by Crippen LogP contribution is 2.25. The van der Waals surface area contributed by atoms with Gasteiger partial charge in [-0.05, 0) is 31.9 Å². The van der Waals surface area contributed by atoms with Gasteiger partial charge >= 0.3 is 5.97 Å². The molecule has 13 heteroatoms. The lowest BCUT2D eigenvalue weighted by Gasteiger charge is -2.30. The summed E-state index contributed by atoms with van der Waals surface area (Å²) in [5.74, 6) is -1.36. The standard InChI is InChI=1S/C19H21N7O5S/c1-12(18(27)25-17-15-16(22-10-21-15)23-11-24-17)31-19(28)13-4-7-26(8-5-13)32(29,30)14-3-2-6-20-9-14/h2-3,6,9-13H,4-5,7-8H2,1H3,(H2,21,22,23,24,25,27). The van der Waals surface area contributed by atoms with E-state index >= 15 is 0 Å². The molecule has 1 aliphatic heterocycles. The Balaban J connectivity index is 1.32. The van der Waals surface area contributed by atoms with E-state index in [2.05, 4.69) is 30.2 Å². The van der Waals surface area contributed by atoms with E-state index in [4.69, 9.17) is 4.74 Å². The van der Waals surface area contributed by atoms with E-state index < -0.39 is 33.9 Å². The number of sulfonamides is 1. The first-order valence-corrected chi connectivity index (χ1v) is 11.4. The van der Waals surface area contributed by atoms with Crippen molar-refractivity contribution < 1.29 is 22.7 Å². The van der Waals surface area contributed by atoms with Crippen molar-refractivity contribution in [1.82, 2.24) is 29.2 Å². The number of esters is 1. The molecule has 1 aliphatic rings. The summed E-state index contributed by atoms with van der Waals surface area (Å²) in [6.45, 7) is 1.81. The number of aromatic amines is 1. The molecule has 1 fully saturated rings. The Labute approximate surface area is 183 Å². The maximum atomic E-state index is 12.7. The van der Waals surface area contributed by atoms with Gasteiger partial charge in [0, 0.05) is 25.5 Å². The van der Waals surface area contributed by atoms with Gasteiger partial charge in [0.2, 0.25) is 10.0 Å². The molecule has 0 radical (unpaired) electrons. The second-order valence-electron chi connectivity index (χ2n) is 7.26. The average Bonchev–Trinajstić information content (AvgIpc) is 3.29. The summed E-state index contributed by atoms with van der Waals surface area (Å²) in [6, 6.07) is 3.04.